The van der Waals surface area contributed by atoms with Crippen molar-refractivity contribution in [3.8, 4) is 0 Å². The van der Waals surface area contributed by atoms with Gasteiger partial charge in [0.1, 0.15) is 0 Å². The number of amides is 3. The summed E-state index contributed by atoms with van der Waals surface area (Å²) in [6.07, 6.45) is 0. The molecule has 1 aliphatic heterocycles. The number of morpholine rings is 1. The molecule has 0 saturated carbocycles. The second-order valence-corrected chi connectivity index (χ2v) is 8.47. The fourth-order valence-corrected chi connectivity index (χ4v) is 3.87. The monoisotopic (exact) mass is 478 g/mol. The van der Waals surface area contributed by atoms with Gasteiger partial charge in [-0.3, -0.25) is 4.79 Å². The molecule has 0 radical (unpaired) electrons. The molecule has 0 bridgehead atoms. The standard InChI is InChI=1S/C26H27ClN4O3/c1-18-6-8-19(9-7-18)17-28-25(32)20-10-11-24(31-12-14-34-15-13-31)23(16-20)30-26(33)29-22-5-3-2-4-21(22)27/h2-11,16H,12-15,17H2,1H3,(H,28,32)(H2,29,30,33). The molecule has 34 heavy (non-hydrogen) atoms. The van der Waals surface area contributed by atoms with Crippen molar-refractivity contribution in [1.29, 1.82) is 0 Å². The van der Waals surface area contributed by atoms with Gasteiger partial charge < -0.3 is 25.6 Å². The van der Waals surface area contributed by atoms with Crippen LogP contribution in [0, 0.1) is 6.92 Å². The van der Waals surface area contributed by atoms with E-state index in [1.165, 1.54) is 5.56 Å². The Kier molecular flexibility index (Phi) is 7.67. The second kappa shape index (κ2) is 11.0. The third kappa shape index (κ3) is 6.07. The Labute approximate surface area is 204 Å². The van der Waals surface area contributed by atoms with Crippen LogP contribution < -0.4 is 20.9 Å². The van der Waals surface area contributed by atoms with Crippen molar-refractivity contribution in [2.45, 2.75) is 13.5 Å². The van der Waals surface area contributed by atoms with Gasteiger partial charge in [-0.2, -0.15) is 0 Å². The summed E-state index contributed by atoms with van der Waals surface area (Å²) in [5.74, 6) is -0.219. The molecule has 1 heterocycles. The quantitative estimate of drug-likeness (QED) is 0.462. The number of nitrogens with one attached hydrogen (secondary N) is 3. The summed E-state index contributed by atoms with van der Waals surface area (Å²) in [6, 6.07) is 19.9. The van der Waals surface area contributed by atoms with Crippen molar-refractivity contribution in [2.75, 3.05) is 41.8 Å². The molecular weight excluding hydrogens is 452 g/mol. The lowest BCUT2D eigenvalue weighted by Gasteiger charge is -2.30. The van der Waals surface area contributed by atoms with E-state index in [4.69, 9.17) is 16.3 Å². The zero-order valence-corrected chi connectivity index (χ0v) is 19.7. The van der Waals surface area contributed by atoms with E-state index in [2.05, 4.69) is 20.9 Å². The van der Waals surface area contributed by atoms with E-state index < -0.39 is 6.03 Å². The molecule has 0 aromatic heterocycles. The molecule has 7 nitrogen and oxygen atoms in total. The average Bonchev–Trinajstić information content (AvgIpc) is 2.85. The summed E-state index contributed by atoms with van der Waals surface area (Å²) in [6.45, 7) is 5.03. The number of anilines is 3. The molecule has 1 fully saturated rings. The zero-order valence-electron chi connectivity index (χ0n) is 18.9. The van der Waals surface area contributed by atoms with E-state index in [1.807, 2.05) is 37.3 Å². The maximum absolute atomic E-state index is 12.9. The van der Waals surface area contributed by atoms with Gasteiger partial charge in [-0.15, -0.1) is 0 Å². The Balaban J connectivity index is 1.52. The predicted octanol–water partition coefficient (Wildman–Crippen LogP) is 5.06. The fraction of sp³-hybridized carbons (Fsp3) is 0.231. The minimum Gasteiger partial charge on any atom is -0.378 e. The first kappa shape index (κ1) is 23.6. The molecular formula is C26H27ClN4O3. The number of hydrogen-bond acceptors (Lipinski definition) is 4. The maximum atomic E-state index is 12.9. The Bertz CT molecular complexity index is 1160. The highest BCUT2D eigenvalue weighted by Crippen LogP contribution is 2.29. The Morgan fingerprint density at radius 3 is 2.38 bits per heavy atom. The van der Waals surface area contributed by atoms with Crippen LogP contribution in [0.1, 0.15) is 21.5 Å². The summed E-state index contributed by atoms with van der Waals surface area (Å²) < 4.78 is 5.46. The molecule has 1 saturated heterocycles. The minimum atomic E-state index is -0.445. The van der Waals surface area contributed by atoms with Gasteiger partial charge in [0.25, 0.3) is 5.91 Å². The lowest BCUT2D eigenvalue weighted by molar-refractivity contribution is 0.0951. The molecule has 0 atom stereocenters. The second-order valence-electron chi connectivity index (χ2n) is 8.06. The first-order chi connectivity index (χ1) is 16.5. The molecule has 3 amide bonds. The van der Waals surface area contributed by atoms with Gasteiger partial charge >= 0.3 is 6.03 Å². The van der Waals surface area contributed by atoms with Crippen molar-refractivity contribution >= 4 is 40.6 Å². The summed E-state index contributed by atoms with van der Waals surface area (Å²) in [4.78, 5) is 27.7. The van der Waals surface area contributed by atoms with Gasteiger partial charge in [-0.1, -0.05) is 53.6 Å². The number of ether oxygens (including phenoxy) is 1. The molecule has 1 aliphatic rings. The molecule has 0 unspecified atom stereocenters. The van der Waals surface area contributed by atoms with Crippen molar-refractivity contribution < 1.29 is 14.3 Å². The highest BCUT2D eigenvalue weighted by atomic mass is 35.5. The number of para-hydroxylation sites is 1. The van der Waals surface area contributed by atoms with E-state index in [0.717, 1.165) is 11.3 Å². The van der Waals surface area contributed by atoms with Crippen LogP contribution in [-0.2, 0) is 11.3 Å². The van der Waals surface area contributed by atoms with E-state index in [0.29, 0.717) is 54.8 Å². The number of rotatable bonds is 6. The molecule has 0 spiro atoms. The number of hydrogen-bond donors (Lipinski definition) is 3. The molecule has 8 heteroatoms. The lowest BCUT2D eigenvalue weighted by Crippen LogP contribution is -2.37. The van der Waals surface area contributed by atoms with E-state index in [1.54, 1.807) is 36.4 Å². The van der Waals surface area contributed by atoms with Crippen molar-refractivity contribution in [3.63, 3.8) is 0 Å². The summed E-state index contributed by atoms with van der Waals surface area (Å²) >= 11 is 6.17. The lowest BCUT2D eigenvalue weighted by atomic mass is 10.1. The smallest absolute Gasteiger partial charge is 0.323 e. The van der Waals surface area contributed by atoms with Crippen molar-refractivity contribution in [2.24, 2.45) is 0 Å². The molecule has 3 N–H and O–H groups in total. The van der Waals surface area contributed by atoms with E-state index in [9.17, 15) is 9.59 Å². The summed E-state index contributed by atoms with van der Waals surface area (Å²) in [5.41, 5.74) is 4.50. The highest BCUT2D eigenvalue weighted by molar-refractivity contribution is 6.33. The molecule has 0 aliphatic carbocycles. The first-order valence-corrected chi connectivity index (χ1v) is 11.5. The third-order valence-corrected chi connectivity index (χ3v) is 5.88. The highest BCUT2D eigenvalue weighted by Gasteiger charge is 2.19. The van der Waals surface area contributed by atoms with Gasteiger partial charge in [0.15, 0.2) is 0 Å². The number of carbonyl (C=O) groups is 2. The predicted molar refractivity (Wildman–Crippen MR) is 136 cm³/mol. The summed E-state index contributed by atoms with van der Waals surface area (Å²) in [5, 5.41) is 9.03. The van der Waals surface area contributed by atoms with Gasteiger partial charge in [0.2, 0.25) is 0 Å². The Morgan fingerprint density at radius 2 is 1.65 bits per heavy atom. The normalized spacial score (nSPS) is 13.3. The number of urea groups is 1. The van der Waals surface area contributed by atoms with Crippen LogP contribution in [0.15, 0.2) is 66.7 Å². The number of nitrogens with zero attached hydrogens (tertiary/aromatic N) is 1. The van der Waals surface area contributed by atoms with Gasteiger partial charge in [-0.05, 0) is 42.8 Å². The maximum Gasteiger partial charge on any atom is 0.323 e. The van der Waals surface area contributed by atoms with E-state index >= 15 is 0 Å². The van der Waals surface area contributed by atoms with Crippen LogP contribution in [-0.4, -0.2) is 38.2 Å². The molecule has 3 aromatic rings. The minimum absolute atomic E-state index is 0.219. The Morgan fingerprint density at radius 1 is 0.941 bits per heavy atom. The molecule has 4 rings (SSSR count). The van der Waals surface area contributed by atoms with Crippen LogP contribution in [0.25, 0.3) is 0 Å². The zero-order chi connectivity index (χ0) is 23.9. The Hall–Kier alpha value is -3.55. The van der Waals surface area contributed by atoms with Crippen LogP contribution in [0.4, 0.5) is 21.9 Å². The third-order valence-electron chi connectivity index (χ3n) is 5.55. The molecule has 176 valence electrons. The number of carbonyl (C=O) groups excluding carboxylic acids is 2. The van der Waals surface area contributed by atoms with Gasteiger partial charge in [-0.25, -0.2) is 4.79 Å². The first-order valence-electron chi connectivity index (χ1n) is 11.1. The van der Waals surface area contributed by atoms with Crippen LogP contribution in [0.2, 0.25) is 5.02 Å². The average molecular weight is 479 g/mol. The van der Waals surface area contributed by atoms with Crippen molar-refractivity contribution in [3.05, 3.63) is 88.4 Å². The largest absolute Gasteiger partial charge is 0.378 e. The van der Waals surface area contributed by atoms with E-state index in [-0.39, 0.29) is 5.91 Å². The summed E-state index contributed by atoms with van der Waals surface area (Å²) in [7, 11) is 0. The number of aryl methyl sites for hydroxylation is 1. The SMILES string of the molecule is Cc1ccc(CNC(=O)c2ccc(N3CCOCC3)c(NC(=O)Nc3ccccc3Cl)c2)cc1. The van der Waals surface area contributed by atoms with Gasteiger partial charge in [0.05, 0.1) is 35.3 Å². The number of benzene rings is 3. The fourth-order valence-electron chi connectivity index (χ4n) is 3.69. The van der Waals surface area contributed by atoms with Gasteiger partial charge in [0, 0.05) is 25.2 Å². The van der Waals surface area contributed by atoms with Crippen molar-refractivity contribution in [1.82, 2.24) is 5.32 Å². The van der Waals surface area contributed by atoms with Crippen LogP contribution >= 0.6 is 11.6 Å². The topological polar surface area (TPSA) is 82.7 Å². The number of halogens is 1. The van der Waals surface area contributed by atoms with Crippen LogP contribution in [0.5, 0.6) is 0 Å². The molecule has 3 aromatic carbocycles. The van der Waals surface area contributed by atoms with Crippen LogP contribution in [0.3, 0.4) is 0 Å².